The minimum absolute atomic E-state index is 0.675. The predicted molar refractivity (Wildman–Crippen MR) is 86.1 cm³/mol. The summed E-state index contributed by atoms with van der Waals surface area (Å²) in [6.07, 6.45) is 8.74. The second-order valence-electron chi connectivity index (χ2n) is 6.44. The summed E-state index contributed by atoms with van der Waals surface area (Å²) in [5.41, 5.74) is 3.29. The molecular formula is C17H26N4. The summed E-state index contributed by atoms with van der Waals surface area (Å²) in [6.45, 7) is 5.28. The lowest BCUT2D eigenvalue weighted by Gasteiger charge is -2.29. The summed E-state index contributed by atoms with van der Waals surface area (Å²) in [5, 5.41) is 9.34. The maximum Gasteiger partial charge on any atom is 0.157 e. The number of pyridine rings is 1. The van der Waals surface area contributed by atoms with Crippen LogP contribution in [0.15, 0.2) is 12.3 Å². The molecule has 21 heavy (non-hydrogen) atoms. The first-order valence-corrected chi connectivity index (χ1v) is 8.19. The fraction of sp³-hybridized carbons (Fsp3) is 0.647. The van der Waals surface area contributed by atoms with Crippen LogP contribution in [0.3, 0.4) is 0 Å². The van der Waals surface area contributed by atoms with Gasteiger partial charge in [-0.25, -0.2) is 4.98 Å². The second kappa shape index (κ2) is 6.14. The number of nitrogens with zero attached hydrogens (tertiary/aromatic N) is 3. The molecule has 1 saturated carbocycles. The monoisotopic (exact) mass is 286 g/mol. The zero-order valence-electron chi connectivity index (χ0n) is 13.4. The van der Waals surface area contributed by atoms with E-state index in [4.69, 9.17) is 0 Å². The molecule has 2 heterocycles. The topological polar surface area (TPSA) is 42.7 Å². The van der Waals surface area contributed by atoms with E-state index in [1.165, 1.54) is 43.1 Å². The van der Waals surface area contributed by atoms with Crippen molar-refractivity contribution in [1.29, 1.82) is 0 Å². The Kier molecular flexibility index (Phi) is 4.24. The molecule has 0 radical (unpaired) electrons. The zero-order valence-corrected chi connectivity index (χ0v) is 13.4. The van der Waals surface area contributed by atoms with Crippen molar-refractivity contribution >= 4 is 11.0 Å². The van der Waals surface area contributed by atoms with E-state index in [-0.39, 0.29) is 0 Å². The highest BCUT2D eigenvalue weighted by molar-refractivity contribution is 5.78. The Labute approximate surface area is 126 Å². The van der Waals surface area contributed by atoms with E-state index in [0.29, 0.717) is 6.04 Å². The summed E-state index contributed by atoms with van der Waals surface area (Å²) in [7, 11) is 1.95. The maximum atomic E-state index is 4.56. The van der Waals surface area contributed by atoms with Crippen LogP contribution < -0.4 is 5.32 Å². The van der Waals surface area contributed by atoms with Gasteiger partial charge in [0, 0.05) is 31.2 Å². The van der Waals surface area contributed by atoms with E-state index in [1.54, 1.807) is 0 Å². The quantitative estimate of drug-likeness (QED) is 0.937. The molecule has 0 aliphatic heterocycles. The minimum Gasteiger partial charge on any atom is -0.310 e. The number of nitrogens with one attached hydrogen (secondary N) is 1. The number of aromatic nitrogens is 3. The fourth-order valence-electron chi connectivity index (χ4n) is 3.56. The zero-order chi connectivity index (χ0) is 14.8. The van der Waals surface area contributed by atoms with Crippen molar-refractivity contribution in [3.8, 4) is 0 Å². The third-order valence-corrected chi connectivity index (χ3v) is 4.87. The first kappa shape index (κ1) is 14.5. The first-order valence-electron chi connectivity index (χ1n) is 8.19. The summed E-state index contributed by atoms with van der Waals surface area (Å²) in [5.74, 6) is 0.914. The van der Waals surface area contributed by atoms with Crippen LogP contribution in [0.4, 0.5) is 0 Å². The summed E-state index contributed by atoms with van der Waals surface area (Å²) >= 11 is 0. The number of hydrogen-bond acceptors (Lipinski definition) is 3. The molecule has 4 heteroatoms. The van der Waals surface area contributed by atoms with Gasteiger partial charge in [0.05, 0.1) is 5.69 Å². The number of rotatable bonds is 4. The average Bonchev–Trinajstić information content (AvgIpc) is 2.80. The van der Waals surface area contributed by atoms with Crippen molar-refractivity contribution in [3.05, 3.63) is 23.5 Å². The van der Waals surface area contributed by atoms with Gasteiger partial charge in [-0.1, -0.05) is 26.2 Å². The van der Waals surface area contributed by atoms with E-state index in [0.717, 1.165) is 23.8 Å². The third-order valence-electron chi connectivity index (χ3n) is 4.87. The highest BCUT2D eigenvalue weighted by Gasteiger charge is 2.20. The highest BCUT2D eigenvalue weighted by atomic mass is 15.3. The molecule has 0 amide bonds. The van der Waals surface area contributed by atoms with Gasteiger partial charge in [0.25, 0.3) is 0 Å². The van der Waals surface area contributed by atoms with Crippen molar-refractivity contribution < 1.29 is 0 Å². The summed E-state index contributed by atoms with van der Waals surface area (Å²) < 4.78 is 1.86. The average molecular weight is 286 g/mol. The Morgan fingerprint density at radius 3 is 3.05 bits per heavy atom. The molecular weight excluding hydrogens is 260 g/mol. The summed E-state index contributed by atoms with van der Waals surface area (Å²) in [4.78, 5) is 4.56. The molecule has 0 aromatic carbocycles. The molecule has 2 atom stereocenters. The van der Waals surface area contributed by atoms with E-state index < -0.39 is 0 Å². The van der Waals surface area contributed by atoms with Crippen molar-refractivity contribution in [2.24, 2.45) is 13.0 Å². The van der Waals surface area contributed by atoms with Gasteiger partial charge in [0.15, 0.2) is 5.65 Å². The molecule has 4 nitrogen and oxygen atoms in total. The van der Waals surface area contributed by atoms with Gasteiger partial charge in [0.2, 0.25) is 0 Å². The summed E-state index contributed by atoms with van der Waals surface area (Å²) in [6, 6.07) is 2.91. The molecule has 2 unspecified atom stereocenters. The van der Waals surface area contributed by atoms with Crippen molar-refractivity contribution in [2.75, 3.05) is 0 Å². The van der Waals surface area contributed by atoms with Crippen molar-refractivity contribution in [3.63, 3.8) is 0 Å². The molecule has 2 aromatic heterocycles. The molecule has 0 saturated heterocycles. The van der Waals surface area contributed by atoms with Gasteiger partial charge in [-0.3, -0.25) is 4.68 Å². The first-order chi connectivity index (χ1) is 10.2. The number of aryl methyl sites for hydroxylation is 2. The van der Waals surface area contributed by atoms with Gasteiger partial charge in [0.1, 0.15) is 0 Å². The lowest BCUT2D eigenvalue weighted by molar-refractivity contribution is 0.278. The highest BCUT2D eigenvalue weighted by Crippen LogP contribution is 2.26. The van der Waals surface area contributed by atoms with Crippen LogP contribution >= 0.6 is 0 Å². The van der Waals surface area contributed by atoms with Gasteiger partial charge in [-0.15, -0.1) is 0 Å². The standard InChI is InChI=1S/C17H26N4/c1-4-13-6-5-7-15(8-13)18-10-14-9-16-12(2)20-21(3)17(16)19-11-14/h9,11,13,15,18H,4-8,10H2,1-3H3. The van der Waals surface area contributed by atoms with Crippen molar-refractivity contribution in [2.45, 2.75) is 58.5 Å². The third kappa shape index (κ3) is 3.10. The largest absolute Gasteiger partial charge is 0.310 e. The molecule has 1 N–H and O–H groups in total. The molecule has 1 fully saturated rings. The Morgan fingerprint density at radius 2 is 2.24 bits per heavy atom. The van der Waals surface area contributed by atoms with Crippen LogP contribution in [0.25, 0.3) is 11.0 Å². The van der Waals surface area contributed by atoms with Crippen LogP contribution in [0, 0.1) is 12.8 Å². The molecule has 2 aromatic rings. The molecule has 1 aliphatic carbocycles. The van der Waals surface area contributed by atoms with Crippen LogP contribution in [-0.2, 0) is 13.6 Å². The Hall–Kier alpha value is -1.42. The van der Waals surface area contributed by atoms with E-state index in [2.05, 4.69) is 28.4 Å². The normalized spacial score (nSPS) is 22.8. The van der Waals surface area contributed by atoms with Gasteiger partial charge >= 0.3 is 0 Å². The van der Waals surface area contributed by atoms with Gasteiger partial charge in [-0.2, -0.15) is 5.10 Å². The molecule has 1 aliphatic rings. The van der Waals surface area contributed by atoms with Crippen LogP contribution in [-0.4, -0.2) is 20.8 Å². The van der Waals surface area contributed by atoms with Gasteiger partial charge in [-0.05, 0) is 37.3 Å². The van der Waals surface area contributed by atoms with E-state index >= 15 is 0 Å². The van der Waals surface area contributed by atoms with Gasteiger partial charge < -0.3 is 5.32 Å². The lowest BCUT2D eigenvalue weighted by Crippen LogP contribution is -2.33. The Morgan fingerprint density at radius 1 is 1.38 bits per heavy atom. The van der Waals surface area contributed by atoms with Crippen LogP contribution in [0.2, 0.25) is 0 Å². The fourth-order valence-corrected chi connectivity index (χ4v) is 3.56. The molecule has 3 rings (SSSR count). The van der Waals surface area contributed by atoms with E-state index in [1.807, 2.05) is 24.9 Å². The Balaban J connectivity index is 1.66. The van der Waals surface area contributed by atoms with Crippen LogP contribution in [0.5, 0.6) is 0 Å². The van der Waals surface area contributed by atoms with Crippen molar-refractivity contribution in [1.82, 2.24) is 20.1 Å². The molecule has 114 valence electrons. The number of hydrogen-bond donors (Lipinski definition) is 1. The minimum atomic E-state index is 0.675. The maximum absolute atomic E-state index is 4.56. The lowest BCUT2D eigenvalue weighted by atomic mass is 9.84. The number of fused-ring (bicyclic) bond motifs is 1. The predicted octanol–water partition coefficient (Wildman–Crippen LogP) is 3.34. The smallest absolute Gasteiger partial charge is 0.157 e. The second-order valence-corrected chi connectivity index (χ2v) is 6.44. The molecule has 0 spiro atoms. The SMILES string of the molecule is CCC1CCCC(NCc2cnc3c(c2)c(C)nn3C)C1. The molecule has 0 bridgehead atoms. The van der Waals surface area contributed by atoms with Crippen LogP contribution in [0.1, 0.15) is 50.3 Å². The van der Waals surface area contributed by atoms with E-state index in [9.17, 15) is 0 Å². The Bertz CT molecular complexity index is 617.